The molecule has 21 heavy (non-hydrogen) atoms. The number of anilines is 1. The number of nitrogen functional groups attached to an aromatic ring is 1. The summed E-state index contributed by atoms with van der Waals surface area (Å²) in [5.74, 6) is -0.535. The van der Waals surface area contributed by atoms with Crippen LogP contribution in [0.2, 0.25) is 0 Å². The Balaban J connectivity index is 1.96. The lowest BCUT2D eigenvalue weighted by Gasteiger charge is -2.15. The number of benzene rings is 1. The first-order valence-electron chi connectivity index (χ1n) is 6.84. The minimum absolute atomic E-state index is 0.0660. The van der Waals surface area contributed by atoms with E-state index in [0.29, 0.717) is 13.1 Å². The molecule has 1 amide bonds. The van der Waals surface area contributed by atoms with E-state index >= 15 is 0 Å². The second-order valence-corrected chi connectivity index (χ2v) is 5.15. The van der Waals surface area contributed by atoms with Gasteiger partial charge in [-0.05, 0) is 44.1 Å². The molecule has 1 aliphatic heterocycles. The zero-order valence-corrected chi connectivity index (χ0v) is 11.5. The average Bonchev–Trinajstić information content (AvgIpc) is 2.90. The molecule has 0 saturated carbocycles. The molecule has 0 unspecified atom stereocenters. The Morgan fingerprint density at radius 2 is 1.90 bits per heavy atom. The molecule has 2 rings (SSSR count). The zero-order valence-electron chi connectivity index (χ0n) is 11.5. The molecule has 0 radical (unpaired) electrons. The molecule has 1 aromatic rings. The highest BCUT2D eigenvalue weighted by Crippen LogP contribution is 2.31. The molecule has 0 bridgehead atoms. The molecule has 4 nitrogen and oxygen atoms in total. The number of nitrogens with zero attached hydrogens (tertiary/aromatic N) is 1. The Kier molecular flexibility index (Phi) is 4.72. The van der Waals surface area contributed by atoms with E-state index < -0.39 is 17.6 Å². The highest BCUT2D eigenvalue weighted by atomic mass is 19.4. The van der Waals surface area contributed by atoms with Gasteiger partial charge in [-0.3, -0.25) is 4.79 Å². The summed E-state index contributed by atoms with van der Waals surface area (Å²) in [6.45, 7) is 3.13. The van der Waals surface area contributed by atoms with Crippen molar-refractivity contribution in [1.82, 2.24) is 10.2 Å². The van der Waals surface area contributed by atoms with Crippen molar-refractivity contribution in [2.75, 3.05) is 31.9 Å². The van der Waals surface area contributed by atoms with E-state index in [1.165, 1.54) is 6.07 Å². The number of likely N-dealkylation sites (tertiary alicyclic amines) is 1. The molecule has 116 valence electrons. The quantitative estimate of drug-likeness (QED) is 0.838. The number of halogens is 3. The Bertz CT molecular complexity index is 511. The third-order valence-electron chi connectivity index (χ3n) is 3.46. The fourth-order valence-electron chi connectivity index (χ4n) is 2.38. The summed E-state index contributed by atoms with van der Waals surface area (Å²) in [5, 5.41) is 2.63. The van der Waals surface area contributed by atoms with Gasteiger partial charge in [0.05, 0.1) is 5.56 Å². The number of rotatable bonds is 4. The van der Waals surface area contributed by atoms with Gasteiger partial charge >= 0.3 is 6.18 Å². The van der Waals surface area contributed by atoms with Crippen molar-refractivity contribution in [3.8, 4) is 0 Å². The highest BCUT2D eigenvalue weighted by molar-refractivity contribution is 5.95. The van der Waals surface area contributed by atoms with Crippen LogP contribution in [0.5, 0.6) is 0 Å². The zero-order chi connectivity index (χ0) is 15.5. The lowest BCUT2D eigenvalue weighted by atomic mass is 10.1. The first-order valence-corrected chi connectivity index (χ1v) is 6.84. The Morgan fingerprint density at radius 1 is 1.24 bits per heavy atom. The van der Waals surface area contributed by atoms with Gasteiger partial charge in [0.2, 0.25) is 0 Å². The number of carbonyl (C=O) groups excluding carboxylic acids is 1. The van der Waals surface area contributed by atoms with Gasteiger partial charge < -0.3 is 16.0 Å². The summed E-state index contributed by atoms with van der Waals surface area (Å²) in [6.07, 6.45) is -2.21. The molecule has 0 aliphatic carbocycles. The summed E-state index contributed by atoms with van der Waals surface area (Å²) < 4.78 is 38.0. The van der Waals surface area contributed by atoms with E-state index in [2.05, 4.69) is 10.2 Å². The van der Waals surface area contributed by atoms with E-state index in [9.17, 15) is 18.0 Å². The molecule has 7 heteroatoms. The monoisotopic (exact) mass is 301 g/mol. The SMILES string of the molecule is Nc1cc(C(=O)NCCN2CCCC2)cc(C(F)(F)F)c1. The number of nitrogens with two attached hydrogens (primary N) is 1. The van der Waals surface area contributed by atoms with E-state index in [-0.39, 0.29) is 11.3 Å². The van der Waals surface area contributed by atoms with Crippen LogP contribution in [0.1, 0.15) is 28.8 Å². The topological polar surface area (TPSA) is 58.4 Å². The second-order valence-electron chi connectivity index (χ2n) is 5.15. The van der Waals surface area contributed by atoms with Crippen LogP contribution >= 0.6 is 0 Å². The second kappa shape index (κ2) is 6.34. The molecule has 0 aromatic heterocycles. The van der Waals surface area contributed by atoms with Crippen molar-refractivity contribution < 1.29 is 18.0 Å². The van der Waals surface area contributed by atoms with E-state index in [1.54, 1.807) is 0 Å². The smallest absolute Gasteiger partial charge is 0.399 e. The summed E-state index contributed by atoms with van der Waals surface area (Å²) in [6, 6.07) is 2.89. The number of hydrogen-bond acceptors (Lipinski definition) is 3. The van der Waals surface area contributed by atoms with Crippen LogP contribution in [-0.4, -0.2) is 37.0 Å². The van der Waals surface area contributed by atoms with Gasteiger partial charge in [0.15, 0.2) is 0 Å². The summed E-state index contributed by atoms with van der Waals surface area (Å²) in [5.41, 5.74) is 4.38. The van der Waals surface area contributed by atoms with E-state index in [0.717, 1.165) is 38.1 Å². The number of nitrogens with one attached hydrogen (secondary N) is 1. The van der Waals surface area contributed by atoms with Crippen molar-refractivity contribution in [3.63, 3.8) is 0 Å². The third kappa shape index (κ3) is 4.35. The van der Waals surface area contributed by atoms with Crippen LogP contribution in [0.25, 0.3) is 0 Å². The Hall–Kier alpha value is -1.76. The number of alkyl halides is 3. The third-order valence-corrected chi connectivity index (χ3v) is 3.46. The minimum atomic E-state index is -4.51. The van der Waals surface area contributed by atoms with Gasteiger partial charge in [0.25, 0.3) is 5.91 Å². The largest absolute Gasteiger partial charge is 0.416 e. The van der Waals surface area contributed by atoms with Crippen LogP contribution in [0.3, 0.4) is 0 Å². The fourth-order valence-corrected chi connectivity index (χ4v) is 2.38. The first-order chi connectivity index (χ1) is 9.86. The highest BCUT2D eigenvalue weighted by Gasteiger charge is 2.31. The van der Waals surface area contributed by atoms with Gasteiger partial charge in [-0.25, -0.2) is 0 Å². The molecule has 0 atom stereocenters. The van der Waals surface area contributed by atoms with Crippen molar-refractivity contribution in [3.05, 3.63) is 29.3 Å². The predicted molar refractivity (Wildman–Crippen MR) is 73.9 cm³/mol. The van der Waals surface area contributed by atoms with E-state index in [4.69, 9.17) is 5.73 Å². The molecule has 1 aromatic carbocycles. The molecular weight excluding hydrogens is 283 g/mol. The predicted octanol–water partition coefficient (Wildman–Crippen LogP) is 2.11. The van der Waals surface area contributed by atoms with Crippen molar-refractivity contribution >= 4 is 11.6 Å². The fraction of sp³-hybridized carbons (Fsp3) is 0.500. The van der Waals surface area contributed by atoms with Gasteiger partial charge in [0.1, 0.15) is 0 Å². The van der Waals surface area contributed by atoms with Crippen molar-refractivity contribution in [2.45, 2.75) is 19.0 Å². The minimum Gasteiger partial charge on any atom is -0.399 e. The Labute approximate surface area is 121 Å². The number of amides is 1. The standard InChI is InChI=1S/C14H18F3N3O/c15-14(16,17)11-7-10(8-12(18)9-11)13(21)19-3-6-20-4-1-2-5-20/h7-9H,1-6,18H2,(H,19,21). The first kappa shape index (κ1) is 15.6. The maximum Gasteiger partial charge on any atom is 0.416 e. The van der Waals surface area contributed by atoms with Crippen LogP contribution in [-0.2, 0) is 6.18 Å². The molecule has 3 N–H and O–H groups in total. The molecular formula is C14H18F3N3O. The Morgan fingerprint density at radius 3 is 2.52 bits per heavy atom. The lowest BCUT2D eigenvalue weighted by molar-refractivity contribution is -0.137. The average molecular weight is 301 g/mol. The van der Waals surface area contributed by atoms with Gasteiger partial charge in [-0.15, -0.1) is 0 Å². The van der Waals surface area contributed by atoms with Gasteiger partial charge in [-0.2, -0.15) is 13.2 Å². The summed E-state index contributed by atoms with van der Waals surface area (Å²) >= 11 is 0. The molecule has 1 fully saturated rings. The number of carbonyl (C=O) groups is 1. The maximum atomic E-state index is 12.7. The molecule has 1 aliphatic rings. The lowest BCUT2D eigenvalue weighted by Crippen LogP contribution is -2.33. The van der Waals surface area contributed by atoms with E-state index in [1.807, 2.05) is 0 Å². The summed E-state index contributed by atoms with van der Waals surface area (Å²) in [7, 11) is 0. The molecule has 1 heterocycles. The maximum absolute atomic E-state index is 12.7. The van der Waals surface area contributed by atoms with Gasteiger partial charge in [0, 0.05) is 24.3 Å². The normalized spacial score (nSPS) is 16.1. The number of hydrogen-bond donors (Lipinski definition) is 2. The molecule has 0 spiro atoms. The summed E-state index contributed by atoms with van der Waals surface area (Å²) in [4.78, 5) is 14.1. The van der Waals surface area contributed by atoms with Gasteiger partial charge in [-0.1, -0.05) is 0 Å². The van der Waals surface area contributed by atoms with Crippen molar-refractivity contribution in [1.29, 1.82) is 0 Å². The van der Waals surface area contributed by atoms with Crippen molar-refractivity contribution in [2.24, 2.45) is 0 Å². The van der Waals surface area contributed by atoms with Crippen LogP contribution in [0, 0.1) is 0 Å². The van der Waals surface area contributed by atoms with Crippen LogP contribution in [0.4, 0.5) is 18.9 Å². The molecule has 1 saturated heterocycles. The van der Waals surface area contributed by atoms with Crippen LogP contribution < -0.4 is 11.1 Å². The van der Waals surface area contributed by atoms with Crippen LogP contribution in [0.15, 0.2) is 18.2 Å².